The molecule has 0 bridgehead atoms. The highest BCUT2D eigenvalue weighted by molar-refractivity contribution is 6.33. The fourth-order valence-corrected chi connectivity index (χ4v) is 9.90. The molecule has 2 aromatic carbocycles. The molecule has 17 heteroatoms. The number of alkyl halides is 2. The maximum absolute atomic E-state index is 15.2. The number of aromatic nitrogens is 5. The van der Waals surface area contributed by atoms with E-state index in [0.717, 1.165) is 49.0 Å². The number of piperidine rings is 1. The minimum atomic E-state index is -3.14. The highest BCUT2D eigenvalue weighted by atomic mass is 35.5. The molecule has 2 amide bonds. The van der Waals surface area contributed by atoms with Crippen molar-refractivity contribution in [1.29, 1.82) is 0 Å². The Morgan fingerprint density at radius 1 is 1.02 bits per heavy atom. The van der Waals surface area contributed by atoms with Crippen molar-refractivity contribution in [2.24, 2.45) is 31.3 Å². The Balaban J connectivity index is 0.814. The van der Waals surface area contributed by atoms with Crippen molar-refractivity contribution < 1.29 is 27.8 Å². The van der Waals surface area contributed by atoms with Crippen LogP contribution in [0.2, 0.25) is 5.02 Å². The van der Waals surface area contributed by atoms with Crippen LogP contribution in [0.15, 0.2) is 47.4 Å². The van der Waals surface area contributed by atoms with Crippen LogP contribution in [-0.4, -0.2) is 73.9 Å². The SMILES string of the molecule is C[C@@H]1CC2(CC[C@H]1Oc1ccc3c(C4CCC(=O)NC4=O)nn(C)c3c1)CN(c1ncc(Cl)c(Nc3ccc4c(c3)c3c(c(=O)n4C)OCC(F)(F)[C@H](C4CC4)N3)n1)C2. The number of hydrogen-bond donors (Lipinski definition) is 3. The number of aryl methyl sites for hydroxylation is 2. The van der Waals surface area contributed by atoms with Crippen LogP contribution in [0.4, 0.5) is 31.9 Å². The molecule has 2 aliphatic carbocycles. The highest BCUT2D eigenvalue weighted by Gasteiger charge is 2.52. The lowest BCUT2D eigenvalue weighted by molar-refractivity contribution is -0.134. The Hall–Kier alpha value is -5.51. The van der Waals surface area contributed by atoms with Crippen LogP contribution in [0.5, 0.6) is 11.5 Å². The number of anilines is 4. The van der Waals surface area contributed by atoms with Crippen LogP contribution in [0.1, 0.15) is 63.5 Å². The summed E-state index contributed by atoms with van der Waals surface area (Å²) < 4.78 is 45.6. The Morgan fingerprint density at radius 3 is 2.59 bits per heavy atom. The second-order valence-corrected chi connectivity index (χ2v) is 17.6. The molecule has 59 heavy (non-hydrogen) atoms. The Morgan fingerprint density at radius 2 is 1.83 bits per heavy atom. The first-order valence-corrected chi connectivity index (χ1v) is 20.6. The summed E-state index contributed by atoms with van der Waals surface area (Å²) in [5.74, 6) is -2.45. The van der Waals surface area contributed by atoms with Crippen molar-refractivity contribution >= 4 is 68.4 Å². The Bertz CT molecular complexity index is 2620. The monoisotopic (exact) mass is 827 g/mol. The van der Waals surface area contributed by atoms with Crippen molar-refractivity contribution in [3.8, 4) is 11.5 Å². The first-order valence-electron chi connectivity index (χ1n) is 20.2. The maximum atomic E-state index is 15.2. The van der Waals surface area contributed by atoms with Gasteiger partial charge in [0, 0.05) is 61.5 Å². The molecule has 1 unspecified atom stereocenters. The summed E-state index contributed by atoms with van der Waals surface area (Å²) in [6.07, 6.45) is 6.60. The van der Waals surface area contributed by atoms with Crippen LogP contribution in [0, 0.1) is 17.3 Å². The molecule has 0 radical (unpaired) electrons. The third kappa shape index (κ3) is 6.59. The molecule has 3 aliphatic heterocycles. The van der Waals surface area contributed by atoms with E-state index in [9.17, 15) is 14.4 Å². The summed E-state index contributed by atoms with van der Waals surface area (Å²) in [6.45, 7) is 2.96. The van der Waals surface area contributed by atoms with Crippen LogP contribution in [0.3, 0.4) is 0 Å². The normalized spacial score (nSPS) is 24.8. The van der Waals surface area contributed by atoms with Gasteiger partial charge in [0.25, 0.3) is 5.56 Å². The summed E-state index contributed by atoms with van der Waals surface area (Å²) in [5, 5.41) is 15.2. The number of pyridine rings is 1. The van der Waals surface area contributed by atoms with Crippen molar-refractivity contribution in [3.05, 3.63) is 63.7 Å². The zero-order valence-electron chi connectivity index (χ0n) is 32.9. The summed E-state index contributed by atoms with van der Waals surface area (Å²) in [4.78, 5) is 49.1. The molecule has 4 atom stereocenters. The number of benzene rings is 2. The topological polar surface area (TPSA) is 158 Å². The van der Waals surface area contributed by atoms with E-state index in [-0.39, 0.29) is 40.7 Å². The van der Waals surface area contributed by atoms with E-state index in [2.05, 4.69) is 37.9 Å². The van der Waals surface area contributed by atoms with E-state index in [1.807, 2.05) is 25.2 Å². The van der Waals surface area contributed by atoms with Crippen molar-refractivity contribution in [1.82, 2.24) is 29.6 Å². The molecular weight excluding hydrogens is 784 g/mol. The zero-order chi connectivity index (χ0) is 41.0. The minimum absolute atomic E-state index is 0.0368. The van der Waals surface area contributed by atoms with E-state index >= 15 is 8.78 Å². The molecular formula is C42H44ClF2N9O5. The lowest BCUT2D eigenvalue weighted by Gasteiger charge is -2.55. The van der Waals surface area contributed by atoms with Gasteiger partial charge >= 0.3 is 5.92 Å². The summed E-state index contributed by atoms with van der Waals surface area (Å²) in [5.41, 5.74) is 2.62. The number of ether oxygens (including phenoxy) is 2. The number of halogens is 3. The molecule has 6 heterocycles. The van der Waals surface area contributed by atoms with Gasteiger partial charge < -0.3 is 29.6 Å². The molecule has 10 rings (SSSR count). The van der Waals surface area contributed by atoms with E-state index < -0.39 is 30.0 Å². The lowest BCUT2D eigenvalue weighted by atomic mass is 9.64. The van der Waals surface area contributed by atoms with Gasteiger partial charge in [-0.05, 0) is 80.7 Å². The van der Waals surface area contributed by atoms with Gasteiger partial charge in [0.1, 0.15) is 16.9 Å². The van der Waals surface area contributed by atoms with Gasteiger partial charge in [0.15, 0.2) is 12.4 Å². The molecule has 1 spiro atoms. The van der Waals surface area contributed by atoms with E-state index in [1.54, 1.807) is 36.1 Å². The van der Waals surface area contributed by atoms with Gasteiger partial charge in [-0.3, -0.25) is 24.4 Å². The molecule has 2 saturated heterocycles. The molecule has 14 nitrogen and oxygen atoms in total. The number of fused-ring (bicyclic) bond motifs is 4. The summed E-state index contributed by atoms with van der Waals surface area (Å²) >= 11 is 6.62. The molecule has 3 N–H and O–H groups in total. The molecule has 2 saturated carbocycles. The summed E-state index contributed by atoms with van der Waals surface area (Å²) in [7, 11) is 3.45. The molecule has 4 fully saturated rings. The number of nitrogens with one attached hydrogen (secondary N) is 3. The fourth-order valence-electron chi connectivity index (χ4n) is 9.76. The third-order valence-electron chi connectivity index (χ3n) is 13.0. The average Bonchev–Trinajstić information content (AvgIpc) is 4.00. The van der Waals surface area contributed by atoms with E-state index in [1.165, 1.54) is 4.57 Å². The van der Waals surface area contributed by atoms with Gasteiger partial charge in [-0.1, -0.05) is 18.5 Å². The average molecular weight is 828 g/mol. The van der Waals surface area contributed by atoms with Crippen LogP contribution < -0.4 is 35.9 Å². The number of rotatable bonds is 7. The third-order valence-corrected chi connectivity index (χ3v) is 13.3. The van der Waals surface area contributed by atoms with Crippen molar-refractivity contribution in [2.75, 3.05) is 35.2 Å². The van der Waals surface area contributed by atoms with Gasteiger partial charge in [-0.2, -0.15) is 10.1 Å². The first kappa shape index (κ1) is 37.7. The van der Waals surface area contributed by atoms with Crippen LogP contribution in [-0.2, 0) is 23.7 Å². The lowest BCUT2D eigenvalue weighted by Crippen LogP contribution is -2.60. The van der Waals surface area contributed by atoms with Gasteiger partial charge in [-0.25, -0.2) is 13.8 Å². The molecule has 3 aromatic heterocycles. The van der Waals surface area contributed by atoms with Gasteiger partial charge in [0.2, 0.25) is 23.5 Å². The first-order chi connectivity index (χ1) is 28.3. The fraction of sp³-hybridized carbons (Fsp3) is 0.476. The number of nitrogens with zero attached hydrogens (tertiary/aromatic N) is 6. The number of hydrogen-bond acceptors (Lipinski definition) is 11. The Labute approximate surface area is 342 Å². The number of carbonyl (C=O) groups excluding carboxylic acids is 2. The van der Waals surface area contributed by atoms with Crippen molar-refractivity contribution in [3.63, 3.8) is 0 Å². The standard InChI is InChI=1S/C42H44ClF2N9O5/c1-21-16-41(13-12-31(21)59-24-7-8-25-30(15-24)53(3)51-33(25)26-9-11-32(55)48-38(26)56)18-54(19-41)40-46-17-28(43)37(50-40)47-23-6-10-29-27(14-23)34-35(39(57)52(29)2)58-20-42(44,45)36(49-34)22-4-5-22/h6-8,10,14-15,17,21-22,26,31,36,49H,4-5,9,11-13,16,18-20H2,1-3H3,(H,46,47,50)(H,48,55,56)/t21-,26?,31-,36+/m1/s1. The number of amides is 2. The van der Waals surface area contributed by atoms with Gasteiger partial charge in [-0.15, -0.1) is 0 Å². The predicted octanol–water partition coefficient (Wildman–Crippen LogP) is 6.42. The molecule has 5 aromatic rings. The van der Waals surface area contributed by atoms with Crippen molar-refractivity contribution in [2.45, 2.75) is 75.9 Å². The molecule has 5 aliphatic rings. The summed E-state index contributed by atoms with van der Waals surface area (Å²) in [6, 6.07) is 10.1. The maximum Gasteiger partial charge on any atom is 0.301 e. The van der Waals surface area contributed by atoms with E-state index in [4.69, 9.17) is 26.1 Å². The minimum Gasteiger partial charge on any atom is -0.490 e. The van der Waals surface area contributed by atoms with E-state index in [0.29, 0.717) is 70.7 Å². The van der Waals surface area contributed by atoms with Gasteiger partial charge in [0.05, 0.1) is 40.6 Å². The highest BCUT2D eigenvalue weighted by Crippen LogP contribution is 2.49. The smallest absolute Gasteiger partial charge is 0.301 e. The quantitative estimate of drug-likeness (QED) is 0.156. The second kappa shape index (κ2) is 13.8. The predicted molar refractivity (Wildman–Crippen MR) is 218 cm³/mol. The number of imide groups is 1. The van der Waals surface area contributed by atoms with Crippen LogP contribution >= 0.6 is 11.6 Å². The zero-order valence-corrected chi connectivity index (χ0v) is 33.6. The Kier molecular flexibility index (Phi) is 8.82. The number of carbonyl (C=O) groups is 2. The second-order valence-electron chi connectivity index (χ2n) is 17.2. The largest absolute Gasteiger partial charge is 0.490 e. The van der Waals surface area contributed by atoms with Crippen LogP contribution in [0.25, 0.3) is 21.8 Å². The molecule has 308 valence electrons.